The van der Waals surface area contributed by atoms with Crippen LogP contribution < -0.4 is 0 Å². The molecule has 73 heavy (non-hydrogen) atoms. The molecule has 0 aliphatic carbocycles. The van der Waals surface area contributed by atoms with E-state index in [-0.39, 0.29) is 32.2 Å². The number of unbranched alkanes of at least 4 members (excludes halogenated alkanes) is 40. The number of likely N-dealkylation sites (N-methyl/N-ethyl adjacent to an activating group) is 1. The van der Waals surface area contributed by atoms with Crippen molar-refractivity contribution in [3.05, 3.63) is 24.3 Å². The molecule has 0 fully saturated rings. The molecule has 0 saturated carbocycles. The number of esters is 2. The summed E-state index contributed by atoms with van der Waals surface area (Å²) in [6.45, 7) is 4.89. The van der Waals surface area contributed by atoms with Gasteiger partial charge in [-0.25, -0.2) is 4.79 Å². The number of aliphatic carboxylic acids is 1. The number of allylic oxidation sites excluding steroid dienone is 4. The maximum absolute atomic E-state index is 12.9. The molecule has 0 aliphatic rings. The highest BCUT2D eigenvalue weighted by atomic mass is 16.7. The molecule has 2 unspecified atom stereocenters. The summed E-state index contributed by atoms with van der Waals surface area (Å²) in [4.78, 5) is 37.4. The van der Waals surface area contributed by atoms with Gasteiger partial charge in [0.2, 0.25) is 0 Å². The second-order valence-corrected chi connectivity index (χ2v) is 22.7. The third-order valence-electron chi connectivity index (χ3n) is 14.2. The molecule has 0 bridgehead atoms. The minimum absolute atomic E-state index is 0.180. The molecule has 0 rings (SSSR count). The van der Waals surface area contributed by atoms with Crippen LogP contribution in [-0.2, 0) is 33.3 Å². The SMILES string of the molecule is CCCCC/C=C\C/C=C\CCCCCCCCCC(=O)OC(COC(=O)CCCCCCCCCCCCCCCCCCCCCCCCCCCCCCCCC)COC(OCC[N+](C)(C)C)C(=O)O. The molecule has 1 N–H and O–H groups in total. The number of rotatable bonds is 59. The first-order valence-electron chi connectivity index (χ1n) is 31.5. The molecule has 0 heterocycles. The number of ether oxygens (including phenoxy) is 4. The van der Waals surface area contributed by atoms with Gasteiger partial charge in [-0.3, -0.25) is 9.59 Å². The fourth-order valence-corrected chi connectivity index (χ4v) is 9.34. The predicted octanol–water partition coefficient (Wildman–Crippen LogP) is 18.7. The fraction of sp³-hybridized carbons (Fsp3) is 0.891. The standard InChI is InChI=1S/C64H121NO8/c1-6-8-10-12-14-16-18-20-22-24-25-26-27-28-29-30-31-32-33-34-35-36-37-39-40-42-44-46-48-50-52-54-61(66)71-58-60(59-72-64(63(68)69)70-57-56-65(3,4)5)73-62(67)55-53-51-49-47-45-43-41-38-23-21-19-17-15-13-11-9-7-2/h15,17,21,23,60,64H,6-14,16,18-20,22,24-59H2,1-5H3/p+1/b17-15-,23-21-. The molecule has 0 aromatic heterocycles. The van der Waals surface area contributed by atoms with Crippen molar-refractivity contribution in [2.24, 2.45) is 0 Å². The molecule has 0 spiro atoms. The van der Waals surface area contributed by atoms with E-state index in [0.717, 1.165) is 51.4 Å². The highest BCUT2D eigenvalue weighted by Gasteiger charge is 2.25. The third kappa shape index (κ3) is 57.3. The Kier molecular flexibility index (Phi) is 54.3. The van der Waals surface area contributed by atoms with Crippen molar-refractivity contribution < 1.29 is 42.9 Å². The van der Waals surface area contributed by atoms with Crippen LogP contribution in [0.2, 0.25) is 0 Å². The zero-order valence-corrected chi connectivity index (χ0v) is 49.1. The number of nitrogens with zero attached hydrogens (tertiary/aromatic N) is 1. The number of hydrogen-bond donors (Lipinski definition) is 1. The van der Waals surface area contributed by atoms with Gasteiger partial charge in [0.25, 0.3) is 6.29 Å². The van der Waals surface area contributed by atoms with E-state index < -0.39 is 24.3 Å². The lowest BCUT2D eigenvalue weighted by atomic mass is 10.0. The van der Waals surface area contributed by atoms with Gasteiger partial charge in [-0.1, -0.05) is 276 Å². The van der Waals surface area contributed by atoms with Crippen LogP contribution in [0.4, 0.5) is 0 Å². The quantitative estimate of drug-likeness (QED) is 0.0211. The lowest BCUT2D eigenvalue weighted by molar-refractivity contribution is -0.870. The van der Waals surface area contributed by atoms with Gasteiger partial charge >= 0.3 is 17.9 Å². The van der Waals surface area contributed by atoms with Crippen LogP contribution in [-0.4, -0.2) is 87.4 Å². The first kappa shape index (κ1) is 70.8. The van der Waals surface area contributed by atoms with Crippen LogP contribution in [0.5, 0.6) is 0 Å². The van der Waals surface area contributed by atoms with E-state index in [1.54, 1.807) is 0 Å². The summed E-state index contributed by atoms with van der Waals surface area (Å²) in [7, 11) is 5.98. The minimum atomic E-state index is -1.51. The van der Waals surface area contributed by atoms with Crippen LogP contribution in [0.3, 0.4) is 0 Å². The van der Waals surface area contributed by atoms with Crippen molar-refractivity contribution in [2.45, 2.75) is 322 Å². The Morgan fingerprint density at radius 2 is 0.740 bits per heavy atom. The lowest BCUT2D eigenvalue weighted by Gasteiger charge is -2.25. The van der Waals surface area contributed by atoms with Gasteiger partial charge in [-0.15, -0.1) is 0 Å². The number of carbonyl (C=O) groups is 3. The van der Waals surface area contributed by atoms with E-state index in [4.69, 9.17) is 18.9 Å². The second kappa shape index (κ2) is 56.0. The predicted molar refractivity (Wildman–Crippen MR) is 309 cm³/mol. The van der Waals surface area contributed by atoms with E-state index in [0.29, 0.717) is 23.9 Å². The van der Waals surface area contributed by atoms with Crippen LogP contribution in [0.1, 0.15) is 309 Å². The van der Waals surface area contributed by atoms with Crippen LogP contribution >= 0.6 is 0 Å². The molecule has 0 amide bonds. The molecular weight excluding hydrogens is 911 g/mol. The number of hydrogen-bond acceptors (Lipinski definition) is 7. The van der Waals surface area contributed by atoms with Gasteiger partial charge in [0.15, 0.2) is 6.10 Å². The second-order valence-electron chi connectivity index (χ2n) is 22.7. The van der Waals surface area contributed by atoms with E-state index >= 15 is 0 Å². The van der Waals surface area contributed by atoms with Crippen LogP contribution in [0.15, 0.2) is 24.3 Å². The Labute approximate surface area is 452 Å². The molecule has 0 radical (unpaired) electrons. The van der Waals surface area contributed by atoms with E-state index in [9.17, 15) is 19.5 Å². The van der Waals surface area contributed by atoms with Gasteiger partial charge < -0.3 is 28.5 Å². The molecule has 9 nitrogen and oxygen atoms in total. The average Bonchev–Trinajstić information content (AvgIpc) is 3.36. The topological polar surface area (TPSA) is 108 Å². The molecule has 0 saturated heterocycles. The van der Waals surface area contributed by atoms with Crippen LogP contribution in [0, 0.1) is 0 Å². The third-order valence-corrected chi connectivity index (χ3v) is 14.2. The largest absolute Gasteiger partial charge is 0.477 e. The summed E-state index contributed by atoms with van der Waals surface area (Å²) < 4.78 is 22.9. The van der Waals surface area contributed by atoms with Gasteiger partial charge in [0.05, 0.1) is 34.4 Å². The minimum Gasteiger partial charge on any atom is -0.477 e. The zero-order chi connectivity index (χ0) is 53.4. The monoisotopic (exact) mass is 1030 g/mol. The number of carboxylic acid groups (broad SMARTS) is 1. The summed E-state index contributed by atoms with van der Waals surface area (Å²) in [6.07, 6.45) is 64.2. The van der Waals surface area contributed by atoms with Crippen molar-refractivity contribution in [1.82, 2.24) is 0 Å². The van der Waals surface area contributed by atoms with Crippen molar-refractivity contribution in [1.29, 1.82) is 0 Å². The zero-order valence-electron chi connectivity index (χ0n) is 49.1. The average molecular weight is 1030 g/mol. The molecule has 0 aliphatic heterocycles. The Balaban J connectivity index is 4.06. The molecule has 0 aromatic rings. The lowest BCUT2D eigenvalue weighted by Crippen LogP contribution is -2.40. The summed E-state index contributed by atoms with van der Waals surface area (Å²) in [5.74, 6) is -2.00. The highest BCUT2D eigenvalue weighted by molar-refractivity contribution is 5.71. The molecule has 430 valence electrons. The van der Waals surface area contributed by atoms with Gasteiger partial charge in [0, 0.05) is 12.8 Å². The fourth-order valence-electron chi connectivity index (χ4n) is 9.34. The van der Waals surface area contributed by atoms with Gasteiger partial charge in [0.1, 0.15) is 13.2 Å². The van der Waals surface area contributed by atoms with Gasteiger partial charge in [-0.2, -0.15) is 0 Å². The van der Waals surface area contributed by atoms with Crippen molar-refractivity contribution in [3.63, 3.8) is 0 Å². The summed E-state index contributed by atoms with van der Waals surface area (Å²) in [5.41, 5.74) is 0. The summed E-state index contributed by atoms with van der Waals surface area (Å²) >= 11 is 0. The van der Waals surface area contributed by atoms with Crippen molar-refractivity contribution >= 4 is 17.9 Å². The number of carboxylic acids is 1. The van der Waals surface area contributed by atoms with Crippen molar-refractivity contribution in [2.75, 3.05) is 47.5 Å². The summed E-state index contributed by atoms with van der Waals surface area (Å²) in [6, 6.07) is 0. The first-order chi connectivity index (χ1) is 35.6. The first-order valence-corrected chi connectivity index (χ1v) is 31.5. The number of quaternary nitrogens is 1. The normalized spacial score (nSPS) is 12.8. The maximum atomic E-state index is 12.9. The smallest absolute Gasteiger partial charge is 0.361 e. The Hall–Kier alpha value is -2.23. The number of carbonyl (C=O) groups excluding carboxylic acids is 2. The Morgan fingerprint density at radius 1 is 0.411 bits per heavy atom. The molecule has 9 heteroatoms. The van der Waals surface area contributed by atoms with E-state index in [1.807, 2.05) is 21.1 Å². The highest BCUT2D eigenvalue weighted by Crippen LogP contribution is 2.18. The molecule has 0 aromatic carbocycles. The van der Waals surface area contributed by atoms with Crippen LogP contribution in [0.25, 0.3) is 0 Å². The summed E-state index contributed by atoms with van der Waals surface area (Å²) in [5, 5.41) is 9.70. The maximum Gasteiger partial charge on any atom is 0.361 e. The Morgan fingerprint density at radius 3 is 1.11 bits per heavy atom. The van der Waals surface area contributed by atoms with Gasteiger partial charge in [-0.05, 0) is 44.9 Å². The molecule has 2 atom stereocenters. The van der Waals surface area contributed by atoms with E-state index in [1.165, 1.54) is 225 Å². The van der Waals surface area contributed by atoms with Crippen molar-refractivity contribution in [3.8, 4) is 0 Å². The molecular formula is C64H122NO8+. The Bertz CT molecular complexity index is 1250. The van der Waals surface area contributed by atoms with E-state index in [2.05, 4.69) is 38.2 Å².